The Morgan fingerprint density at radius 2 is 2.11 bits per heavy atom. The van der Waals surface area contributed by atoms with Gasteiger partial charge in [0.2, 0.25) is 0 Å². The molecule has 1 aliphatic heterocycles. The molecule has 0 spiro atoms. The lowest BCUT2D eigenvalue weighted by Crippen LogP contribution is -2.44. The van der Waals surface area contributed by atoms with Crippen molar-refractivity contribution in [2.24, 2.45) is 11.8 Å². The Kier molecular flexibility index (Phi) is 4.80. The maximum Gasteiger partial charge on any atom is 0.410 e. The van der Waals surface area contributed by atoms with E-state index in [1.807, 2.05) is 30.3 Å². The second-order valence-corrected chi connectivity index (χ2v) is 5.33. The number of aliphatic hydroxyl groups is 1. The van der Waals surface area contributed by atoms with Crippen molar-refractivity contribution in [1.82, 2.24) is 4.90 Å². The summed E-state index contributed by atoms with van der Waals surface area (Å²) >= 11 is 0. The van der Waals surface area contributed by atoms with Gasteiger partial charge in [0.15, 0.2) is 0 Å². The van der Waals surface area contributed by atoms with Crippen LogP contribution in [0, 0.1) is 11.8 Å². The maximum atomic E-state index is 12.0. The lowest BCUT2D eigenvalue weighted by Gasteiger charge is -2.34. The number of carbonyl (C=O) groups excluding carboxylic acids is 1. The third kappa shape index (κ3) is 3.96. The van der Waals surface area contributed by atoms with E-state index >= 15 is 0 Å². The Morgan fingerprint density at radius 3 is 2.79 bits per heavy atom. The Hall–Kier alpha value is -1.55. The molecule has 0 aromatic heterocycles. The molecule has 1 aliphatic rings. The van der Waals surface area contributed by atoms with Crippen molar-refractivity contribution in [3.63, 3.8) is 0 Å². The van der Waals surface area contributed by atoms with E-state index in [2.05, 4.69) is 6.92 Å². The maximum absolute atomic E-state index is 12.0. The summed E-state index contributed by atoms with van der Waals surface area (Å²) in [5.74, 6) is 0.586. The number of rotatable bonds is 3. The van der Waals surface area contributed by atoms with Crippen molar-refractivity contribution in [3.8, 4) is 0 Å². The molecule has 1 heterocycles. The monoisotopic (exact) mass is 263 g/mol. The minimum atomic E-state index is -0.283. The van der Waals surface area contributed by atoms with Crippen molar-refractivity contribution in [3.05, 3.63) is 35.9 Å². The van der Waals surface area contributed by atoms with Crippen LogP contribution in [0.25, 0.3) is 0 Å². The fraction of sp³-hybridized carbons (Fsp3) is 0.533. The molecule has 1 aromatic carbocycles. The highest BCUT2D eigenvalue weighted by atomic mass is 16.6. The molecule has 0 saturated carbocycles. The number of benzene rings is 1. The van der Waals surface area contributed by atoms with Gasteiger partial charge in [-0.05, 0) is 17.9 Å². The van der Waals surface area contributed by atoms with Gasteiger partial charge in [0, 0.05) is 25.6 Å². The summed E-state index contributed by atoms with van der Waals surface area (Å²) in [5.41, 5.74) is 0.986. The van der Waals surface area contributed by atoms with E-state index in [-0.39, 0.29) is 18.6 Å². The van der Waals surface area contributed by atoms with Crippen molar-refractivity contribution in [1.29, 1.82) is 0 Å². The minimum absolute atomic E-state index is 0.132. The Labute approximate surface area is 114 Å². The first-order chi connectivity index (χ1) is 9.19. The Morgan fingerprint density at radius 1 is 1.37 bits per heavy atom. The fourth-order valence-electron chi connectivity index (χ4n) is 2.57. The van der Waals surface area contributed by atoms with Crippen LogP contribution in [0.4, 0.5) is 4.79 Å². The molecular formula is C15H21NO3. The van der Waals surface area contributed by atoms with Gasteiger partial charge in [-0.3, -0.25) is 0 Å². The van der Waals surface area contributed by atoms with E-state index in [0.29, 0.717) is 25.6 Å². The average molecular weight is 263 g/mol. The first-order valence-electron chi connectivity index (χ1n) is 6.75. The van der Waals surface area contributed by atoms with Crippen LogP contribution in [-0.4, -0.2) is 35.8 Å². The summed E-state index contributed by atoms with van der Waals surface area (Å²) in [7, 11) is 0. The second-order valence-electron chi connectivity index (χ2n) is 5.33. The first kappa shape index (κ1) is 13.9. The topological polar surface area (TPSA) is 49.8 Å². The number of ether oxygens (including phenoxy) is 1. The number of carbonyl (C=O) groups is 1. The molecule has 1 N–H and O–H groups in total. The van der Waals surface area contributed by atoms with Crippen molar-refractivity contribution in [2.75, 3.05) is 19.7 Å². The SMILES string of the molecule is CC1CC(CO)CN(C(=O)OCc2ccccc2)C1. The molecule has 2 rings (SSSR count). The molecule has 0 bridgehead atoms. The molecule has 4 heteroatoms. The molecule has 1 fully saturated rings. The molecule has 104 valence electrons. The molecule has 1 amide bonds. The highest BCUT2D eigenvalue weighted by Gasteiger charge is 2.28. The largest absolute Gasteiger partial charge is 0.445 e. The summed E-state index contributed by atoms with van der Waals surface area (Å²) < 4.78 is 5.31. The Balaban J connectivity index is 1.85. The van der Waals surface area contributed by atoms with Gasteiger partial charge in [0.1, 0.15) is 6.61 Å². The van der Waals surface area contributed by atoms with Crippen LogP contribution in [0.1, 0.15) is 18.9 Å². The summed E-state index contributed by atoms with van der Waals surface area (Å²) in [6.45, 7) is 3.83. The van der Waals surface area contributed by atoms with Crippen LogP contribution in [-0.2, 0) is 11.3 Å². The third-order valence-corrected chi connectivity index (χ3v) is 3.47. The van der Waals surface area contributed by atoms with Crippen LogP contribution in [0.5, 0.6) is 0 Å². The lowest BCUT2D eigenvalue weighted by molar-refractivity contribution is 0.0544. The van der Waals surface area contributed by atoms with Crippen molar-refractivity contribution in [2.45, 2.75) is 20.0 Å². The summed E-state index contributed by atoms with van der Waals surface area (Å²) in [5, 5.41) is 9.24. The number of likely N-dealkylation sites (tertiary alicyclic amines) is 1. The normalized spacial score (nSPS) is 23.2. The van der Waals surface area contributed by atoms with E-state index in [0.717, 1.165) is 12.0 Å². The van der Waals surface area contributed by atoms with Crippen molar-refractivity contribution < 1.29 is 14.6 Å². The fourth-order valence-corrected chi connectivity index (χ4v) is 2.57. The zero-order chi connectivity index (χ0) is 13.7. The number of nitrogens with zero attached hydrogens (tertiary/aromatic N) is 1. The average Bonchev–Trinajstić information content (AvgIpc) is 2.45. The smallest absolute Gasteiger partial charge is 0.410 e. The van der Waals surface area contributed by atoms with Gasteiger partial charge < -0.3 is 14.7 Å². The first-order valence-corrected chi connectivity index (χ1v) is 6.75. The molecule has 0 aliphatic carbocycles. The Bertz CT molecular complexity index is 407. The van der Waals surface area contributed by atoms with E-state index in [1.165, 1.54) is 0 Å². The van der Waals surface area contributed by atoms with Gasteiger partial charge in [-0.15, -0.1) is 0 Å². The van der Waals surface area contributed by atoms with Gasteiger partial charge in [0.25, 0.3) is 0 Å². The second kappa shape index (κ2) is 6.57. The van der Waals surface area contributed by atoms with Gasteiger partial charge in [-0.1, -0.05) is 37.3 Å². The lowest BCUT2D eigenvalue weighted by atomic mass is 9.91. The third-order valence-electron chi connectivity index (χ3n) is 3.47. The summed E-state index contributed by atoms with van der Waals surface area (Å²) in [6, 6.07) is 9.65. The predicted molar refractivity (Wildman–Crippen MR) is 72.6 cm³/mol. The van der Waals surface area contributed by atoms with Crippen LogP contribution >= 0.6 is 0 Å². The molecule has 2 unspecified atom stereocenters. The number of hydrogen-bond donors (Lipinski definition) is 1. The number of amides is 1. The zero-order valence-corrected chi connectivity index (χ0v) is 11.3. The van der Waals surface area contributed by atoms with E-state index in [1.54, 1.807) is 4.90 Å². The standard InChI is InChI=1S/C15H21NO3/c1-12-7-14(10-17)9-16(8-12)15(18)19-11-13-5-3-2-4-6-13/h2-6,12,14,17H,7-11H2,1H3. The quantitative estimate of drug-likeness (QED) is 0.910. The highest BCUT2D eigenvalue weighted by Crippen LogP contribution is 2.21. The van der Waals surface area contributed by atoms with Crippen LogP contribution in [0.15, 0.2) is 30.3 Å². The van der Waals surface area contributed by atoms with Gasteiger partial charge in [0.05, 0.1) is 0 Å². The van der Waals surface area contributed by atoms with E-state index in [4.69, 9.17) is 4.74 Å². The zero-order valence-electron chi connectivity index (χ0n) is 11.3. The molecule has 1 saturated heterocycles. The highest BCUT2D eigenvalue weighted by molar-refractivity contribution is 5.67. The van der Waals surface area contributed by atoms with E-state index in [9.17, 15) is 9.90 Å². The molecular weight excluding hydrogens is 242 g/mol. The molecule has 4 nitrogen and oxygen atoms in total. The van der Waals surface area contributed by atoms with Crippen LogP contribution < -0.4 is 0 Å². The number of aliphatic hydroxyl groups excluding tert-OH is 1. The molecule has 2 atom stereocenters. The van der Waals surface area contributed by atoms with Crippen LogP contribution in [0.2, 0.25) is 0 Å². The van der Waals surface area contributed by atoms with Crippen LogP contribution in [0.3, 0.4) is 0 Å². The predicted octanol–water partition coefficient (Wildman–Crippen LogP) is 2.27. The van der Waals surface area contributed by atoms with Gasteiger partial charge in [-0.25, -0.2) is 4.79 Å². The molecule has 1 aromatic rings. The summed E-state index contributed by atoms with van der Waals surface area (Å²) in [4.78, 5) is 13.7. The van der Waals surface area contributed by atoms with Gasteiger partial charge in [-0.2, -0.15) is 0 Å². The van der Waals surface area contributed by atoms with E-state index < -0.39 is 0 Å². The number of piperidine rings is 1. The number of hydrogen-bond acceptors (Lipinski definition) is 3. The molecule has 0 radical (unpaired) electrons. The minimum Gasteiger partial charge on any atom is -0.445 e. The van der Waals surface area contributed by atoms with Crippen molar-refractivity contribution >= 4 is 6.09 Å². The summed E-state index contributed by atoms with van der Waals surface area (Å²) in [6.07, 6.45) is 0.688. The molecule has 19 heavy (non-hydrogen) atoms. The van der Waals surface area contributed by atoms with Gasteiger partial charge >= 0.3 is 6.09 Å².